The van der Waals surface area contributed by atoms with E-state index in [1.165, 1.54) is 12.1 Å². The molecule has 0 atom stereocenters. The first-order chi connectivity index (χ1) is 10.1. The zero-order chi connectivity index (χ0) is 15.0. The van der Waals surface area contributed by atoms with Crippen LogP contribution in [0.2, 0.25) is 5.02 Å². The quantitative estimate of drug-likeness (QED) is 0.622. The average Bonchev–Trinajstić information content (AvgIpc) is 2.73. The van der Waals surface area contributed by atoms with Crippen molar-refractivity contribution >= 4 is 44.2 Å². The van der Waals surface area contributed by atoms with Crippen LogP contribution in [0.5, 0.6) is 0 Å². The minimum atomic E-state index is -0.373. The summed E-state index contributed by atoms with van der Waals surface area (Å²) in [5.41, 5.74) is 2.59. The van der Waals surface area contributed by atoms with Crippen LogP contribution >= 0.6 is 27.5 Å². The van der Waals surface area contributed by atoms with Gasteiger partial charge in [0.15, 0.2) is 0 Å². The van der Waals surface area contributed by atoms with Crippen LogP contribution in [-0.2, 0) is 6.54 Å². The highest BCUT2D eigenvalue weighted by Crippen LogP contribution is 2.33. The monoisotopic (exact) mass is 367 g/mol. The van der Waals surface area contributed by atoms with Crippen molar-refractivity contribution in [2.75, 3.05) is 5.32 Å². The second-order valence-electron chi connectivity index (χ2n) is 4.73. The van der Waals surface area contributed by atoms with Crippen molar-refractivity contribution in [1.29, 1.82) is 0 Å². The van der Waals surface area contributed by atoms with Crippen LogP contribution in [0.4, 0.5) is 10.1 Å². The van der Waals surface area contributed by atoms with E-state index in [9.17, 15) is 4.39 Å². The van der Waals surface area contributed by atoms with Crippen LogP contribution in [0.25, 0.3) is 11.0 Å². The molecule has 2 nitrogen and oxygen atoms in total. The molecule has 5 heteroatoms. The highest BCUT2D eigenvalue weighted by Gasteiger charge is 2.12. The van der Waals surface area contributed by atoms with Gasteiger partial charge < -0.3 is 9.73 Å². The first-order valence-electron chi connectivity index (χ1n) is 6.41. The van der Waals surface area contributed by atoms with Gasteiger partial charge in [-0.3, -0.25) is 0 Å². The second kappa shape index (κ2) is 5.70. The molecule has 108 valence electrons. The minimum absolute atomic E-state index is 0.340. The van der Waals surface area contributed by atoms with Gasteiger partial charge in [0, 0.05) is 22.0 Å². The molecule has 1 aromatic heterocycles. The number of nitrogens with one attached hydrogen (secondary N) is 1. The first kappa shape index (κ1) is 14.4. The molecule has 1 heterocycles. The Hall–Kier alpha value is -1.52. The van der Waals surface area contributed by atoms with Crippen molar-refractivity contribution < 1.29 is 8.81 Å². The van der Waals surface area contributed by atoms with Crippen molar-refractivity contribution in [3.8, 4) is 0 Å². The molecule has 0 aliphatic heterocycles. The zero-order valence-corrected chi connectivity index (χ0v) is 13.6. The summed E-state index contributed by atoms with van der Waals surface area (Å²) in [6, 6.07) is 10.5. The third kappa shape index (κ3) is 2.78. The topological polar surface area (TPSA) is 25.2 Å². The molecule has 0 aliphatic rings. The molecular weight excluding hydrogens is 357 g/mol. The van der Waals surface area contributed by atoms with Crippen LogP contribution in [0.3, 0.4) is 0 Å². The lowest BCUT2D eigenvalue weighted by molar-refractivity contribution is 0.573. The van der Waals surface area contributed by atoms with Crippen LogP contribution < -0.4 is 5.32 Å². The fraction of sp³-hybridized carbons (Fsp3) is 0.125. The number of anilines is 1. The lowest BCUT2D eigenvalue weighted by atomic mass is 10.1. The van der Waals surface area contributed by atoms with Crippen LogP contribution in [0, 0.1) is 12.7 Å². The van der Waals surface area contributed by atoms with Crippen molar-refractivity contribution in [1.82, 2.24) is 0 Å². The van der Waals surface area contributed by atoms with Crippen molar-refractivity contribution in [3.63, 3.8) is 0 Å². The van der Waals surface area contributed by atoms with Crippen LogP contribution in [0.1, 0.15) is 11.3 Å². The van der Waals surface area contributed by atoms with Gasteiger partial charge in [0.1, 0.15) is 17.2 Å². The van der Waals surface area contributed by atoms with E-state index in [0.717, 1.165) is 22.3 Å². The molecule has 0 saturated carbocycles. The fourth-order valence-corrected chi connectivity index (χ4v) is 3.29. The molecule has 2 aromatic carbocycles. The normalized spacial score (nSPS) is 11.0. The molecule has 3 aromatic rings. The number of para-hydroxylation sites is 1. The number of halogens is 3. The average molecular weight is 369 g/mol. The number of hydrogen-bond acceptors (Lipinski definition) is 2. The summed E-state index contributed by atoms with van der Waals surface area (Å²) in [5, 5.41) is 4.64. The number of furan rings is 1. The van der Waals surface area contributed by atoms with E-state index in [1.54, 1.807) is 0 Å². The van der Waals surface area contributed by atoms with Gasteiger partial charge in [-0.05, 0) is 41.1 Å². The van der Waals surface area contributed by atoms with Gasteiger partial charge >= 0.3 is 0 Å². The highest BCUT2D eigenvalue weighted by molar-refractivity contribution is 9.10. The van der Waals surface area contributed by atoms with E-state index >= 15 is 0 Å². The predicted octanol–water partition coefficient (Wildman–Crippen LogP) is 5.91. The lowest BCUT2D eigenvalue weighted by Crippen LogP contribution is -2.02. The summed E-state index contributed by atoms with van der Waals surface area (Å²) < 4.78 is 19.6. The maximum atomic E-state index is 13.2. The molecule has 0 saturated heterocycles. The van der Waals surface area contributed by atoms with Crippen LogP contribution in [0.15, 0.2) is 45.3 Å². The summed E-state index contributed by atoms with van der Waals surface area (Å²) in [7, 11) is 0. The van der Waals surface area contributed by atoms with E-state index in [2.05, 4.69) is 21.2 Å². The Morgan fingerprint density at radius 1 is 1.29 bits per heavy atom. The Kier molecular flexibility index (Phi) is 3.91. The maximum absolute atomic E-state index is 13.2. The summed E-state index contributed by atoms with van der Waals surface area (Å²) in [6.45, 7) is 2.48. The molecule has 0 amide bonds. The zero-order valence-electron chi connectivity index (χ0n) is 11.2. The molecule has 0 bridgehead atoms. The molecule has 3 rings (SSSR count). The predicted molar refractivity (Wildman–Crippen MR) is 87.4 cm³/mol. The Morgan fingerprint density at radius 3 is 2.81 bits per heavy atom. The van der Waals surface area contributed by atoms with E-state index in [1.807, 2.05) is 31.2 Å². The molecule has 21 heavy (non-hydrogen) atoms. The Morgan fingerprint density at radius 2 is 2.05 bits per heavy atom. The molecule has 0 radical (unpaired) electrons. The van der Waals surface area contributed by atoms with Gasteiger partial charge in [0.2, 0.25) is 0 Å². The number of fused-ring (bicyclic) bond motifs is 1. The van der Waals surface area contributed by atoms with E-state index in [-0.39, 0.29) is 5.82 Å². The number of aryl methyl sites for hydroxylation is 1. The summed E-state index contributed by atoms with van der Waals surface area (Å²) in [6.07, 6.45) is 0. The Balaban J connectivity index is 1.92. The SMILES string of the molecule is Cc1oc2ccccc2c1CNc1c(Cl)cc(F)cc1Br. The summed E-state index contributed by atoms with van der Waals surface area (Å²) >= 11 is 9.40. The molecular formula is C16H12BrClFNO. The molecule has 0 spiro atoms. The molecule has 1 N–H and O–H groups in total. The molecule has 0 unspecified atom stereocenters. The molecule has 0 aliphatic carbocycles. The van der Waals surface area contributed by atoms with E-state index in [4.69, 9.17) is 16.0 Å². The van der Waals surface area contributed by atoms with Gasteiger partial charge in [-0.2, -0.15) is 0 Å². The van der Waals surface area contributed by atoms with Crippen LogP contribution in [-0.4, -0.2) is 0 Å². The number of rotatable bonds is 3. The number of benzene rings is 2. The maximum Gasteiger partial charge on any atom is 0.134 e. The third-order valence-corrected chi connectivity index (χ3v) is 4.27. The van der Waals surface area contributed by atoms with Gasteiger partial charge in [-0.15, -0.1) is 0 Å². The third-order valence-electron chi connectivity index (χ3n) is 3.35. The highest BCUT2D eigenvalue weighted by atomic mass is 79.9. The van der Waals surface area contributed by atoms with Gasteiger partial charge in [0.25, 0.3) is 0 Å². The number of hydrogen-bond donors (Lipinski definition) is 1. The van der Waals surface area contributed by atoms with E-state index < -0.39 is 0 Å². The summed E-state index contributed by atoms with van der Waals surface area (Å²) in [5.74, 6) is 0.487. The van der Waals surface area contributed by atoms with Crippen molar-refractivity contribution in [3.05, 3.63) is 63.0 Å². The minimum Gasteiger partial charge on any atom is -0.461 e. The molecule has 0 fully saturated rings. The van der Waals surface area contributed by atoms with Crippen molar-refractivity contribution in [2.24, 2.45) is 0 Å². The fourth-order valence-electron chi connectivity index (χ4n) is 2.33. The first-order valence-corrected chi connectivity index (χ1v) is 7.59. The standard InChI is InChI=1S/C16H12BrClFNO/c1-9-12(11-4-2-3-5-15(11)21-9)8-20-16-13(17)6-10(19)7-14(16)18/h2-7,20H,8H2,1H3. The van der Waals surface area contributed by atoms with Gasteiger partial charge in [-0.25, -0.2) is 4.39 Å². The van der Waals surface area contributed by atoms with Gasteiger partial charge in [0.05, 0.1) is 10.7 Å². The summed E-state index contributed by atoms with van der Waals surface area (Å²) in [4.78, 5) is 0. The Labute approximate surface area is 135 Å². The largest absolute Gasteiger partial charge is 0.461 e. The van der Waals surface area contributed by atoms with Gasteiger partial charge in [-0.1, -0.05) is 29.8 Å². The second-order valence-corrected chi connectivity index (χ2v) is 5.99. The van der Waals surface area contributed by atoms with Crippen molar-refractivity contribution in [2.45, 2.75) is 13.5 Å². The smallest absolute Gasteiger partial charge is 0.134 e. The Bertz CT molecular complexity index is 792. The van der Waals surface area contributed by atoms with E-state index in [0.29, 0.717) is 21.7 Å². The lowest BCUT2D eigenvalue weighted by Gasteiger charge is -2.10.